The number of benzene rings is 1. The lowest BCUT2D eigenvalue weighted by Gasteiger charge is -2.43. The molecule has 1 aliphatic rings. The quantitative estimate of drug-likeness (QED) is 0.590. The highest BCUT2D eigenvalue weighted by Gasteiger charge is 2.45. The van der Waals surface area contributed by atoms with E-state index < -0.39 is 5.41 Å². The molecule has 1 fully saturated rings. The summed E-state index contributed by atoms with van der Waals surface area (Å²) in [5.41, 5.74) is 0.211. The Labute approximate surface area is 156 Å². The lowest BCUT2D eigenvalue weighted by Crippen LogP contribution is -2.49. The van der Waals surface area contributed by atoms with Gasteiger partial charge < -0.3 is 4.79 Å². The number of piperidine rings is 1. The number of carbonyl (C=O) groups is 2. The normalized spacial score (nSPS) is 23.6. The van der Waals surface area contributed by atoms with E-state index in [2.05, 4.69) is 9.97 Å². The van der Waals surface area contributed by atoms with Crippen molar-refractivity contribution in [1.82, 2.24) is 9.97 Å². The highest BCUT2D eigenvalue weighted by Crippen LogP contribution is 2.44. The van der Waals surface area contributed by atoms with Gasteiger partial charge in [0.15, 0.2) is 0 Å². The van der Waals surface area contributed by atoms with Gasteiger partial charge in [-0.1, -0.05) is 30.7 Å². The van der Waals surface area contributed by atoms with Crippen LogP contribution in [-0.4, -0.2) is 22.2 Å². The summed E-state index contributed by atoms with van der Waals surface area (Å²) in [5.74, 6) is 0.294. The van der Waals surface area contributed by atoms with Crippen LogP contribution in [-0.2, 0) is 9.59 Å². The molecule has 0 saturated carbocycles. The fourth-order valence-corrected chi connectivity index (χ4v) is 3.49. The van der Waals surface area contributed by atoms with Crippen LogP contribution in [0.25, 0.3) is 0 Å². The van der Waals surface area contributed by atoms with Gasteiger partial charge in [0.25, 0.3) is 0 Å². The van der Waals surface area contributed by atoms with Crippen LogP contribution in [0, 0.1) is 5.41 Å². The number of aldehydes is 1. The number of nitrogens with zero attached hydrogens (tertiary/aromatic N) is 3. The number of hydrogen-bond donors (Lipinski definition) is 0. The first kappa shape index (κ1) is 17.8. The molecule has 2 aromatic rings. The Balaban J connectivity index is 2.06. The molecule has 2 atom stereocenters. The van der Waals surface area contributed by atoms with Gasteiger partial charge in [0.05, 0.1) is 11.5 Å². The molecular formula is C18H17Cl2N3O2. The van der Waals surface area contributed by atoms with Crippen LogP contribution in [0.2, 0.25) is 10.3 Å². The molecule has 0 spiro atoms. The molecule has 0 bridgehead atoms. The minimum atomic E-state index is -0.748. The van der Waals surface area contributed by atoms with Crippen molar-refractivity contribution in [2.75, 3.05) is 4.90 Å². The van der Waals surface area contributed by atoms with Gasteiger partial charge in [0.1, 0.15) is 12.1 Å². The first-order valence-corrected chi connectivity index (χ1v) is 8.71. The van der Waals surface area contributed by atoms with Crippen LogP contribution in [0.1, 0.15) is 37.8 Å². The lowest BCUT2D eigenvalue weighted by molar-refractivity contribution is -0.133. The number of carbonyl (C=O) groups excluding carboxylic acids is 2. The van der Waals surface area contributed by atoms with Crippen molar-refractivity contribution in [2.45, 2.75) is 32.2 Å². The van der Waals surface area contributed by atoms with Crippen molar-refractivity contribution in [3.8, 4) is 0 Å². The second kappa shape index (κ2) is 7.10. The van der Waals surface area contributed by atoms with Gasteiger partial charge in [-0.05, 0) is 48.2 Å². The highest BCUT2D eigenvalue weighted by molar-refractivity contribution is 6.30. The first-order chi connectivity index (χ1) is 11.9. The van der Waals surface area contributed by atoms with Gasteiger partial charge in [-0.3, -0.25) is 9.69 Å². The van der Waals surface area contributed by atoms with E-state index in [-0.39, 0.29) is 23.7 Å². The minimum absolute atomic E-state index is 0.0721. The molecule has 1 aliphatic heterocycles. The molecule has 130 valence electrons. The predicted octanol–water partition coefficient (Wildman–Crippen LogP) is 4.25. The minimum Gasteiger partial charge on any atom is -0.303 e. The fourth-order valence-electron chi connectivity index (χ4n) is 3.22. The molecule has 0 N–H and O–H groups in total. The summed E-state index contributed by atoms with van der Waals surface area (Å²) in [5, 5.41) is 0.705. The van der Waals surface area contributed by atoms with Gasteiger partial charge in [0, 0.05) is 17.6 Å². The molecule has 1 saturated heterocycles. The van der Waals surface area contributed by atoms with Crippen molar-refractivity contribution in [3.05, 3.63) is 52.4 Å². The Kier molecular flexibility index (Phi) is 5.06. The zero-order valence-electron chi connectivity index (χ0n) is 13.7. The maximum Gasteiger partial charge on any atom is 0.235 e. The molecular weight excluding hydrogens is 361 g/mol. The molecule has 7 heteroatoms. The third-order valence-electron chi connectivity index (χ3n) is 4.66. The van der Waals surface area contributed by atoms with Crippen molar-refractivity contribution in [3.63, 3.8) is 0 Å². The third kappa shape index (κ3) is 3.53. The number of aromatic nitrogens is 2. The molecule has 5 nitrogen and oxygen atoms in total. The van der Waals surface area contributed by atoms with E-state index in [4.69, 9.17) is 23.2 Å². The van der Waals surface area contributed by atoms with Crippen LogP contribution >= 0.6 is 23.2 Å². The SMILES string of the molecule is C[C@]1(CC=O)CCC(c2ccc(Cl)cc2)N(c2ccnc(Cl)n2)C1=O. The molecule has 1 amide bonds. The molecule has 3 rings (SSSR count). The van der Waals surface area contributed by atoms with Crippen LogP contribution < -0.4 is 4.90 Å². The molecule has 1 aromatic carbocycles. The van der Waals surface area contributed by atoms with Crippen LogP contribution in [0.15, 0.2) is 36.5 Å². The average Bonchev–Trinajstić information content (AvgIpc) is 2.58. The third-order valence-corrected chi connectivity index (χ3v) is 5.10. The Bertz CT molecular complexity index is 797. The lowest BCUT2D eigenvalue weighted by atomic mass is 9.75. The van der Waals surface area contributed by atoms with E-state index in [1.807, 2.05) is 19.1 Å². The predicted molar refractivity (Wildman–Crippen MR) is 96.7 cm³/mol. The molecule has 1 aromatic heterocycles. The summed E-state index contributed by atoms with van der Waals surface area (Å²) in [6.45, 7) is 1.82. The molecule has 0 aliphatic carbocycles. The number of halogens is 2. The Hall–Kier alpha value is -1.98. The summed E-state index contributed by atoms with van der Waals surface area (Å²) in [6.07, 6.45) is 3.81. The zero-order valence-corrected chi connectivity index (χ0v) is 15.2. The van der Waals surface area contributed by atoms with Crippen molar-refractivity contribution in [1.29, 1.82) is 0 Å². The number of amides is 1. The Morgan fingerprint density at radius 2 is 2.00 bits per heavy atom. The maximum absolute atomic E-state index is 13.2. The zero-order chi connectivity index (χ0) is 18.0. The van der Waals surface area contributed by atoms with Gasteiger partial charge in [-0.2, -0.15) is 0 Å². The average molecular weight is 378 g/mol. The van der Waals surface area contributed by atoms with E-state index in [0.29, 0.717) is 23.7 Å². The fraction of sp³-hybridized carbons (Fsp3) is 0.333. The molecule has 25 heavy (non-hydrogen) atoms. The Morgan fingerprint density at radius 1 is 1.28 bits per heavy atom. The van der Waals surface area contributed by atoms with Crippen molar-refractivity contribution < 1.29 is 9.59 Å². The van der Waals surface area contributed by atoms with E-state index in [9.17, 15) is 9.59 Å². The van der Waals surface area contributed by atoms with E-state index in [1.165, 1.54) is 6.20 Å². The largest absolute Gasteiger partial charge is 0.303 e. The topological polar surface area (TPSA) is 63.2 Å². The van der Waals surface area contributed by atoms with E-state index in [0.717, 1.165) is 11.8 Å². The van der Waals surface area contributed by atoms with Crippen molar-refractivity contribution >= 4 is 41.2 Å². The van der Waals surface area contributed by atoms with E-state index >= 15 is 0 Å². The first-order valence-electron chi connectivity index (χ1n) is 7.96. The highest BCUT2D eigenvalue weighted by atomic mass is 35.5. The van der Waals surface area contributed by atoms with Crippen LogP contribution in [0.5, 0.6) is 0 Å². The van der Waals surface area contributed by atoms with Crippen LogP contribution in [0.4, 0.5) is 5.82 Å². The van der Waals surface area contributed by atoms with Gasteiger partial charge in [0.2, 0.25) is 11.2 Å². The van der Waals surface area contributed by atoms with Gasteiger partial charge in [-0.25, -0.2) is 9.97 Å². The van der Waals surface area contributed by atoms with Gasteiger partial charge >= 0.3 is 0 Å². The smallest absolute Gasteiger partial charge is 0.235 e. The standard InChI is InChI=1S/C18H17Cl2N3O2/c1-18(9-11-24)8-6-14(12-2-4-13(19)5-3-12)23(16(18)25)15-7-10-21-17(20)22-15/h2-5,7,10-11,14H,6,8-9H2,1H3/t14?,18-/m1/s1. The Morgan fingerprint density at radius 3 is 2.64 bits per heavy atom. The second-order valence-corrected chi connectivity index (χ2v) is 7.17. The monoisotopic (exact) mass is 377 g/mol. The summed E-state index contributed by atoms with van der Waals surface area (Å²) >= 11 is 11.9. The summed E-state index contributed by atoms with van der Waals surface area (Å²) < 4.78 is 0. The number of anilines is 1. The molecule has 1 unspecified atom stereocenters. The molecule has 2 heterocycles. The van der Waals surface area contributed by atoms with Crippen LogP contribution in [0.3, 0.4) is 0 Å². The summed E-state index contributed by atoms with van der Waals surface area (Å²) in [7, 11) is 0. The summed E-state index contributed by atoms with van der Waals surface area (Å²) in [6, 6.07) is 8.85. The summed E-state index contributed by atoms with van der Waals surface area (Å²) in [4.78, 5) is 34.0. The van der Waals surface area contributed by atoms with Crippen molar-refractivity contribution in [2.24, 2.45) is 5.41 Å². The maximum atomic E-state index is 13.2. The number of rotatable bonds is 4. The molecule has 0 radical (unpaired) electrons. The van der Waals surface area contributed by atoms with Gasteiger partial charge in [-0.15, -0.1) is 0 Å². The van der Waals surface area contributed by atoms with E-state index in [1.54, 1.807) is 23.1 Å². The second-order valence-electron chi connectivity index (χ2n) is 6.40. The number of hydrogen-bond acceptors (Lipinski definition) is 4.